The third kappa shape index (κ3) is 4.69. The van der Waals surface area contributed by atoms with Crippen LogP contribution in [0.3, 0.4) is 0 Å². The summed E-state index contributed by atoms with van der Waals surface area (Å²) in [6, 6.07) is 19.3. The fourth-order valence-electron chi connectivity index (χ4n) is 1.99. The van der Waals surface area contributed by atoms with E-state index in [1.165, 1.54) is 36.0 Å². The second-order valence-electron chi connectivity index (χ2n) is 5.06. The molecule has 25 heavy (non-hydrogen) atoms. The molecule has 0 aliphatic rings. The molecule has 0 spiro atoms. The van der Waals surface area contributed by atoms with Gasteiger partial charge in [-0.05, 0) is 72.8 Å². The Hall–Kier alpha value is -2.15. The molecule has 0 bridgehead atoms. The van der Waals surface area contributed by atoms with E-state index >= 15 is 0 Å². The van der Waals surface area contributed by atoms with Crippen LogP contribution in [0.2, 0.25) is 5.02 Å². The van der Waals surface area contributed by atoms with E-state index in [0.717, 1.165) is 9.79 Å². The second kappa shape index (κ2) is 7.39. The molecule has 0 aliphatic heterocycles. The summed E-state index contributed by atoms with van der Waals surface area (Å²) in [6.07, 6.45) is 0. The predicted molar refractivity (Wildman–Crippen MR) is 97.9 cm³/mol. The minimum absolute atomic E-state index is 0.0412. The van der Waals surface area contributed by atoms with Crippen molar-refractivity contribution in [2.24, 2.45) is 0 Å². The molecule has 4 nitrogen and oxygen atoms in total. The Balaban J connectivity index is 1.71. The lowest BCUT2D eigenvalue weighted by atomic mass is 10.3. The van der Waals surface area contributed by atoms with Crippen molar-refractivity contribution in [1.29, 1.82) is 0 Å². The van der Waals surface area contributed by atoms with Gasteiger partial charge in [-0.25, -0.2) is 0 Å². The summed E-state index contributed by atoms with van der Waals surface area (Å²) in [5, 5.41) is 9.74. The molecule has 0 saturated heterocycles. The van der Waals surface area contributed by atoms with Crippen molar-refractivity contribution in [2.45, 2.75) is 14.7 Å². The van der Waals surface area contributed by atoms with Crippen molar-refractivity contribution in [3.63, 3.8) is 0 Å². The third-order valence-electron chi connectivity index (χ3n) is 3.20. The molecular weight excluding hydrogens is 380 g/mol. The van der Waals surface area contributed by atoms with Crippen LogP contribution < -0.4 is 4.18 Å². The van der Waals surface area contributed by atoms with E-state index in [1.807, 2.05) is 0 Å². The maximum absolute atomic E-state index is 12.2. The summed E-state index contributed by atoms with van der Waals surface area (Å²) >= 11 is 7.25. The van der Waals surface area contributed by atoms with Crippen LogP contribution in [0.5, 0.6) is 11.5 Å². The Morgan fingerprint density at radius 3 is 1.88 bits per heavy atom. The normalized spacial score (nSPS) is 11.2. The van der Waals surface area contributed by atoms with Crippen molar-refractivity contribution in [2.75, 3.05) is 0 Å². The standard InChI is InChI=1S/C18H13ClO4S2/c19-13-1-11-18(12-2-13)25(21,22)23-15-5-9-17(10-6-15)24-16-7-3-14(20)4-8-16/h1-12,20H. The topological polar surface area (TPSA) is 63.6 Å². The number of halogens is 1. The molecule has 0 aromatic heterocycles. The highest BCUT2D eigenvalue weighted by Gasteiger charge is 2.16. The molecular formula is C18H13ClO4S2. The van der Waals surface area contributed by atoms with Gasteiger partial charge >= 0.3 is 10.1 Å². The molecule has 0 aliphatic carbocycles. The average molecular weight is 393 g/mol. The van der Waals surface area contributed by atoms with Gasteiger partial charge in [-0.2, -0.15) is 8.42 Å². The molecule has 0 atom stereocenters. The highest BCUT2D eigenvalue weighted by atomic mass is 35.5. The van der Waals surface area contributed by atoms with Crippen molar-refractivity contribution in [1.82, 2.24) is 0 Å². The van der Waals surface area contributed by atoms with E-state index in [4.69, 9.17) is 15.8 Å². The Labute approximate surface area is 155 Å². The van der Waals surface area contributed by atoms with Gasteiger partial charge in [0.1, 0.15) is 16.4 Å². The van der Waals surface area contributed by atoms with Crippen molar-refractivity contribution in [3.8, 4) is 11.5 Å². The lowest BCUT2D eigenvalue weighted by Crippen LogP contribution is -2.09. The summed E-state index contributed by atoms with van der Waals surface area (Å²) in [4.78, 5) is 1.92. The Bertz CT molecular complexity index is 951. The van der Waals surface area contributed by atoms with E-state index < -0.39 is 10.1 Å². The van der Waals surface area contributed by atoms with Crippen LogP contribution in [0.4, 0.5) is 0 Å². The Kier molecular flexibility index (Phi) is 5.22. The van der Waals surface area contributed by atoms with Crippen molar-refractivity contribution in [3.05, 3.63) is 77.8 Å². The molecule has 0 amide bonds. The van der Waals surface area contributed by atoms with Crippen molar-refractivity contribution < 1.29 is 17.7 Å². The number of benzene rings is 3. The van der Waals surface area contributed by atoms with E-state index in [-0.39, 0.29) is 16.4 Å². The van der Waals surface area contributed by atoms with E-state index in [1.54, 1.807) is 48.5 Å². The molecule has 0 saturated carbocycles. The van der Waals surface area contributed by atoms with Gasteiger partial charge in [-0.3, -0.25) is 0 Å². The summed E-state index contributed by atoms with van der Waals surface area (Å²) in [7, 11) is -3.90. The molecule has 0 fully saturated rings. The first kappa shape index (κ1) is 17.7. The monoisotopic (exact) mass is 392 g/mol. The first-order valence-electron chi connectivity index (χ1n) is 7.19. The summed E-state index contributed by atoms with van der Waals surface area (Å²) in [6.45, 7) is 0. The Morgan fingerprint density at radius 1 is 0.800 bits per heavy atom. The van der Waals surface area contributed by atoms with Gasteiger partial charge in [0.2, 0.25) is 0 Å². The average Bonchev–Trinajstić information content (AvgIpc) is 2.59. The molecule has 3 aromatic carbocycles. The zero-order valence-electron chi connectivity index (χ0n) is 12.8. The van der Waals surface area contributed by atoms with Gasteiger partial charge in [-0.1, -0.05) is 23.4 Å². The predicted octanol–water partition coefficient (Wildman–Crippen LogP) is 4.96. The highest BCUT2D eigenvalue weighted by molar-refractivity contribution is 7.99. The number of phenolic OH excluding ortho intramolecular Hbond substituents is 1. The fraction of sp³-hybridized carbons (Fsp3) is 0. The fourth-order valence-corrected chi connectivity index (χ4v) is 3.86. The summed E-state index contributed by atoms with van der Waals surface area (Å²) in [5.74, 6) is 0.436. The van der Waals surface area contributed by atoms with Crippen LogP contribution in [-0.2, 0) is 10.1 Å². The molecule has 1 N–H and O–H groups in total. The quantitative estimate of drug-likeness (QED) is 0.621. The second-order valence-corrected chi connectivity index (χ2v) is 8.19. The SMILES string of the molecule is O=S(=O)(Oc1ccc(Sc2ccc(O)cc2)cc1)c1ccc(Cl)cc1. The first-order valence-corrected chi connectivity index (χ1v) is 9.80. The van der Waals surface area contributed by atoms with Crippen LogP contribution in [0.15, 0.2) is 87.5 Å². The smallest absolute Gasteiger partial charge is 0.339 e. The van der Waals surface area contributed by atoms with Gasteiger partial charge in [0.15, 0.2) is 0 Å². The third-order valence-corrected chi connectivity index (χ3v) is 5.73. The van der Waals surface area contributed by atoms with Crippen LogP contribution >= 0.6 is 23.4 Å². The number of aromatic hydroxyl groups is 1. The van der Waals surface area contributed by atoms with Gasteiger partial charge in [-0.15, -0.1) is 0 Å². The van der Waals surface area contributed by atoms with Gasteiger partial charge in [0.25, 0.3) is 0 Å². The minimum Gasteiger partial charge on any atom is -0.508 e. The van der Waals surface area contributed by atoms with Crippen LogP contribution in [0, 0.1) is 0 Å². The lowest BCUT2D eigenvalue weighted by Gasteiger charge is -2.08. The van der Waals surface area contributed by atoms with Crippen molar-refractivity contribution >= 4 is 33.5 Å². The number of rotatable bonds is 5. The van der Waals surface area contributed by atoms with E-state index in [9.17, 15) is 13.5 Å². The molecule has 3 aromatic rings. The number of phenols is 1. The zero-order chi connectivity index (χ0) is 17.9. The molecule has 7 heteroatoms. The zero-order valence-corrected chi connectivity index (χ0v) is 15.2. The highest BCUT2D eigenvalue weighted by Crippen LogP contribution is 2.30. The minimum atomic E-state index is -3.90. The maximum atomic E-state index is 12.2. The largest absolute Gasteiger partial charge is 0.508 e. The molecule has 128 valence electrons. The first-order chi connectivity index (χ1) is 11.9. The lowest BCUT2D eigenvalue weighted by molar-refractivity contribution is 0.475. The van der Waals surface area contributed by atoms with Crippen LogP contribution in [-0.4, -0.2) is 13.5 Å². The maximum Gasteiger partial charge on any atom is 0.339 e. The molecule has 0 heterocycles. The molecule has 0 unspecified atom stereocenters. The van der Waals surface area contributed by atoms with Gasteiger partial charge in [0, 0.05) is 14.8 Å². The number of hydrogen-bond donors (Lipinski definition) is 1. The van der Waals surface area contributed by atoms with E-state index in [2.05, 4.69) is 0 Å². The molecule has 0 radical (unpaired) electrons. The van der Waals surface area contributed by atoms with E-state index in [0.29, 0.717) is 5.02 Å². The van der Waals surface area contributed by atoms with Gasteiger partial charge in [0.05, 0.1) is 0 Å². The van der Waals surface area contributed by atoms with Crippen LogP contribution in [0.1, 0.15) is 0 Å². The molecule has 3 rings (SSSR count). The number of hydrogen-bond acceptors (Lipinski definition) is 5. The summed E-state index contributed by atoms with van der Waals surface area (Å²) in [5.41, 5.74) is 0. The van der Waals surface area contributed by atoms with Crippen LogP contribution in [0.25, 0.3) is 0 Å². The Morgan fingerprint density at radius 2 is 1.32 bits per heavy atom. The van der Waals surface area contributed by atoms with Gasteiger partial charge < -0.3 is 9.29 Å². The summed E-state index contributed by atoms with van der Waals surface area (Å²) < 4.78 is 29.6.